The van der Waals surface area contributed by atoms with E-state index in [2.05, 4.69) is 47.8 Å². The third kappa shape index (κ3) is 5.06. The van der Waals surface area contributed by atoms with Crippen molar-refractivity contribution >= 4 is 5.70 Å². The molecule has 0 aliphatic carbocycles. The van der Waals surface area contributed by atoms with Crippen molar-refractivity contribution in [2.24, 2.45) is 0 Å². The van der Waals surface area contributed by atoms with Gasteiger partial charge in [0.1, 0.15) is 5.82 Å². The van der Waals surface area contributed by atoms with Gasteiger partial charge in [-0.3, -0.25) is 0 Å². The molecular weight excluding hydrogens is 246 g/mol. The first kappa shape index (κ1) is 15.6. The fourth-order valence-corrected chi connectivity index (χ4v) is 1.70. The van der Waals surface area contributed by atoms with Crippen molar-refractivity contribution in [2.75, 3.05) is 19.6 Å². The van der Waals surface area contributed by atoms with Crippen LogP contribution in [-0.2, 0) is 0 Å². The van der Waals surface area contributed by atoms with Crippen LogP contribution in [0.4, 0.5) is 0 Å². The summed E-state index contributed by atoms with van der Waals surface area (Å²) in [6, 6.07) is 10.2. The second kappa shape index (κ2) is 9.50. The van der Waals surface area contributed by atoms with Gasteiger partial charge in [-0.1, -0.05) is 48.6 Å². The van der Waals surface area contributed by atoms with Gasteiger partial charge < -0.3 is 16.0 Å². The van der Waals surface area contributed by atoms with Crippen molar-refractivity contribution in [1.29, 1.82) is 0 Å². The summed E-state index contributed by atoms with van der Waals surface area (Å²) < 4.78 is 0. The maximum Gasteiger partial charge on any atom is 0.124 e. The van der Waals surface area contributed by atoms with Crippen LogP contribution in [0.1, 0.15) is 5.56 Å². The lowest BCUT2D eigenvalue weighted by Crippen LogP contribution is -2.31. The van der Waals surface area contributed by atoms with Crippen LogP contribution in [0.2, 0.25) is 0 Å². The van der Waals surface area contributed by atoms with Gasteiger partial charge in [0.05, 0.1) is 5.70 Å². The van der Waals surface area contributed by atoms with Gasteiger partial charge in [-0.15, -0.1) is 19.7 Å². The Hall–Kier alpha value is -2.42. The largest absolute Gasteiger partial charge is 0.378 e. The molecule has 3 heteroatoms. The Balaban J connectivity index is 3.09. The lowest BCUT2D eigenvalue weighted by Gasteiger charge is -2.19. The maximum absolute atomic E-state index is 3.75. The zero-order valence-electron chi connectivity index (χ0n) is 11.9. The van der Waals surface area contributed by atoms with Crippen molar-refractivity contribution in [1.82, 2.24) is 16.0 Å². The van der Waals surface area contributed by atoms with E-state index < -0.39 is 0 Å². The van der Waals surface area contributed by atoms with Gasteiger partial charge >= 0.3 is 0 Å². The minimum absolute atomic E-state index is 0.686. The van der Waals surface area contributed by atoms with Crippen molar-refractivity contribution in [2.45, 2.75) is 0 Å². The average Bonchev–Trinajstić information content (AvgIpc) is 2.50. The van der Waals surface area contributed by atoms with Gasteiger partial charge in [-0.25, -0.2) is 0 Å². The molecule has 1 rings (SSSR count). The van der Waals surface area contributed by atoms with E-state index in [1.165, 1.54) is 0 Å². The quantitative estimate of drug-likeness (QED) is 0.572. The Kier molecular flexibility index (Phi) is 7.43. The molecule has 1 aromatic rings. The van der Waals surface area contributed by atoms with E-state index in [-0.39, 0.29) is 0 Å². The van der Waals surface area contributed by atoms with Crippen molar-refractivity contribution in [3.05, 3.63) is 79.7 Å². The molecule has 0 bridgehead atoms. The second-order valence-electron chi connectivity index (χ2n) is 4.12. The third-order valence-electron chi connectivity index (χ3n) is 2.58. The Labute approximate surface area is 121 Å². The molecule has 0 aliphatic heterocycles. The lowest BCUT2D eigenvalue weighted by atomic mass is 10.1. The van der Waals surface area contributed by atoms with E-state index in [9.17, 15) is 0 Å². The van der Waals surface area contributed by atoms with Crippen molar-refractivity contribution in [3.63, 3.8) is 0 Å². The van der Waals surface area contributed by atoms with Gasteiger partial charge in [0.25, 0.3) is 0 Å². The zero-order chi connectivity index (χ0) is 14.6. The molecule has 20 heavy (non-hydrogen) atoms. The van der Waals surface area contributed by atoms with E-state index in [1.54, 1.807) is 0 Å². The molecule has 0 atom stereocenters. The second-order valence-corrected chi connectivity index (χ2v) is 4.12. The fourth-order valence-electron chi connectivity index (χ4n) is 1.70. The zero-order valence-corrected chi connectivity index (χ0v) is 11.9. The summed E-state index contributed by atoms with van der Waals surface area (Å²) in [7, 11) is 0. The molecule has 106 valence electrons. The highest BCUT2D eigenvalue weighted by Gasteiger charge is 2.07. The molecule has 0 aromatic heterocycles. The van der Waals surface area contributed by atoms with Crippen LogP contribution < -0.4 is 16.0 Å². The Morgan fingerprint density at radius 2 is 1.30 bits per heavy atom. The van der Waals surface area contributed by atoms with Crippen LogP contribution in [-0.4, -0.2) is 19.6 Å². The molecule has 3 N–H and O–H groups in total. The molecule has 0 amide bonds. The molecule has 0 aliphatic rings. The standard InChI is InChI=1S/C17H23N3/c1-4-12-18-16(15-10-8-7-9-11-15)17(19-13-5-2)20-14-6-3/h4-11,18-20H,1-3,12-14H2. The van der Waals surface area contributed by atoms with Gasteiger partial charge in [-0.2, -0.15) is 0 Å². The first-order valence-corrected chi connectivity index (χ1v) is 6.67. The molecule has 0 heterocycles. The molecule has 0 saturated carbocycles. The summed E-state index contributed by atoms with van der Waals surface area (Å²) in [5.41, 5.74) is 2.12. The number of hydrogen-bond donors (Lipinski definition) is 3. The van der Waals surface area contributed by atoms with Crippen LogP contribution in [0.3, 0.4) is 0 Å². The summed E-state index contributed by atoms with van der Waals surface area (Å²) in [6.45, 7) is 13.3. The van der Waals surface area contributed by atoms with Crippen LogP contribution in [0.25, 0.3) is 5.70 Å². The summed E-state index contributed by atoms with van der Waals surface area (Å²) in [4.78, 5) is 0. The van der Waals surface area contributed by atoms with Gasteiger partial charge in [-0.05, 0) is 0 Å². The highest BCUT2D eigenvalue weighted by atomic mass is 15.1. The van der Waals surface area contributed by atoms with Crippen molar-refractivity contribution < 1.29 is 0 Å². The first-order chi connectivity index (χ1) is 9.83. The molecule has 0 radical (unpaired) electrons. The fraction of sp³-hybridized carbons (Fsp3) is 0.176. The maximum atomic E-state index is 3.75. The number of hydrogen-bond acceptors (Lipinski definition) is 3. The highest BCUT2D eigenvalue weighted by Crippen LogP contribution is 2.13. The van der Waals surface area contributed by atoms with E-state index in [4.69, 9.17) is 0 Å². The highest BCUT2D eigenvalue weighted by molar-refractivity contribution is 5.66. The third-order valence-corrected chi connectivity index (χ3v) is 2.58. The summed E-state index contributed by atoms with van der Waals surface area (Å²) in [6.07, 6.45) is 5.49. The van der Waals surface area contributed by atoms with E-state index in [0.29, 0.717) is 19.6 Å². The normalized spacial score (nSPS) is 9.20. The Morgan fingerprint density at radius 3 is 1.80 bits per heavy atom. The average molecular weight is 269 g/mol. The Bertz CT molecular complexity index is 446. The van der Waals surface area contributed by atoms with Crippen LogP contribution in [0, 0.1) is 0 Å². The van der Waals surface area contributed by atoms with Crippen LogP contribution in [0.5, 0.6) is 0 Å². The molecule has 1 aromatic carbocycles. The predicted octanol–water partition coefficient (Wildman–Crippen LogP) is 2.64. The predicted molar refractivity (Wildman–Crippen MR) is 88.0 cm³/mol. The molecule has 0 fully saturated rings. The summed E-state index contributed by atoms with van der Waals surface area (Å²) in [5.74, 6) is 0.929. The monoisotopic (exact) mass is 269 g/mol. The molecule has 0 spiro atoms. The van der Waals surface area contributed by atoms with Gasteiger partial charge in [0.15, 0.2) is 0 Å². The van der Waals surface area contributed by atoms with E-state index in [1.807, 2.05) is 36.4 Å². The van der Waals surface area contributed by atoms with E-state index in [0.717, 1.165) is 17.1 Å². The van der Waals surface area contributed by atoms with Crippen LogP contribution in [0.15, 0.2) is 74.1 Å². The van der Waals surface area contributed by atoms with Crippen LogP contribution >= 0.6 is 0 Å². The molecule has 3 nitrogen and oxygen atoms in total. The number of benzene rings is 1. The smallest absolute Gasteiger partial charge is 0.124 e. The topological polar surface area (TPSA) is 36.1 Å². The molecule has 0 saturated heterocycles. The van der Waals surface area contributed by atoms with Crippen molar-refractivity contribution in [3.8, 4) is 0 Å². The van der Waals surface area contributed by atoms with Gasteiger partial charge in [0, 0.05) is 25.2 Å². The summed E-state index contributed by atoms with van der Waals surface area (Å²) >= 11 is 0. The lowest BCUT2D eigenvalue weighted by molar-refractivity contribution is 0.752. The first-order valence-electron chi connectivity index (χ1n) is 6.67. The minimum Gasteiger partial charge on any atom is -0.378 e. The molecular formula is C17H23N3. The Morgan fingerprint density at radius 1 is 0.800 bits per heavy atom. The summed E-state index contributed by atoms with van der Waals surface area (Å²) in [5, 5.41) is 10.0. The SMILES string of the molecule is C=CCNC(NCC=C)=C(NCC=C)c1ccccc1. The number of rotatable bonds is 10. The van der Waals surface area contributed by atoms with E-state index >= 15 is 0 Å². The minimum atomic E-state index is 0.686. The number of nitrogens with one attached hydrogen (secondary N) is 3. The van der Waals surface area contributed by atoms with Gasteiger partial charge in [0.2, 0.25) is 0 Å². The molecule has 0 unspecified atom stereocenters.